The number of H-pyrrole nitrogens is 1. The number of rotatable bonds is 4. The number of hydrogen-bond donors (Lipinski definition) is 2. The van der Waals surface area contributed by atoms with E-state index in [4.69, 9.17) is 15.2 Å². The van der Waals surface area contributed by atoms with Gasteiger partial charge in [-0.15, -0.1) is 0 Å². The summed E-state index contributed by atoms with van der Waals surface area (Å²) in [6.45, 7) is 0.439. The number of nitrogens with one attached hydrogen (secondary N) is 1. The second-order valence-corrected chi connectivity index (χ2v) is 3.56. The average Bonchev–Trinajstić information content (AvgIpc) is 2.86. The normalized spacial score (nSPS) is 10.3. The fourth-order valence-electron chi connectivity index (χ4n) is 1.55. The molecular weight excluding hydrogens is 218 g/mol. The first-order valence-electron chi connectivity index (χ1n) is 5.24. The molecule has 0 amide bonds. The summed E-state index contributed by atoms with van der Waals surface area (Å²) >= 11 is 0. The molecular formula is C12H15N3O2. The summed E-state index contributed by atoms with van der Waals surface area (Å²) < 4.78 is 10.4. The smallest absolute Gasteiger partial charge is 0.137 e. The average molecular weight is 233 g/mol. The molecule has 0 spiro atoms. The number of ether oxygens (including phenoxy) is 2. The van der Waals surface area contributed by atoms with E-state index in [0.29, 0.717) is 6.54 Å². The molecule has 17 heavy (non-hydrogen) atoms. The van der Waals surface area contributed by atoms with Crippen LogP contribution in [0.2, 0.25) is 0 Å². The number of nitrogens with two attached hydrogens (primary N) is 1. The lowest BCUT2D eigenvalue weighted by Gasteiger charge is -2.06. The molecule has 0 radical (unpaired) electrons. The quantitative estimate of drug-likeness (QED) is 0.840. The van der Waals surface area contributed by atoms with Crippen molar-refractivity contribution in [1.82, 2.24) is 9.97 Å². The summed E-state index contributed by atoms with van der Waals surface area (Å²) in [5, 5.41) is 0. The van der Waals surface area contributed by atoms with Crippen LogP contribution < -0.4 is 15.2 Å². The number of benzene rings is 1. The van der Waals surface area contributed by atoms with Crippen molar-refractivity contribution < 1.29 is 9.47 Å². The highest BCUT2D eigenvalue weighted by molar-refractivity contribution is 5.61. The first-order valence-corrected chi connectivity index (χ1v) is 5.24. The Morgan fingerprint density at radius 1 is 1.18 bits per heavy atom. The van der Waals surface area contributed by atoms with Crippen LogP contribution in [0.15, 0.2) is 24.4 Å². The van der Waals surface area contributed by atoms with Crippen LogP contribution in [0.4, 0.5) is 0 Å². The van der Waals surface area contributed by atoms with Gasteiger partial charge in [0.1, 0.15) is 17.3 Å². The third-order valence-corrected chi connectivity index (χ3v) is 2.47. The zero-order chi connectivity index (χ0) is 12.3. The van der Waals surface area contributed by atoms with Crippen LogP contribution in [0.5, 0.6) is 11.5 Å². The van der Waals surface area contributed by atoms with Crippen LogP contribution in [-0.2, 0) is 6.54 Å². The molecule has 1 aromatic carbocycles. The summed E-state index contributed by atoms with van der Waals surface area (Å²) in [4.78, 5) is 7.40. The molecule has 5 heteroatoms. The van der Waals surface area contributed by atoms with Gasteiger partial charge in [-0.1, -0.05) is 0 Å². The Balaban J connectivity index is 2.43. The second-order valence-electron chi connectivity index (χ2n) is 3.56. The van der Waals surface area contributed by atoms with Gasteiger partial charge in [-0.25, -0.2) is 4.98 Å². The van der Waals surface area contributed by atoms with Crippen LogP contribution in [0, 0.1) is 0 Å². The predicted molar refractivity (Wildman–Crippen MR) is 65.0 cm³/mol. The minimum absolute atomic E-state index is 0.439. The Morgan fingerprint density at radius 2 is 1.82 bits per heavy atom. The highest BCUT2D eigenvalue weighted by Crippen LogP contribution is 2.27. The Kier molecular flexibility index (Phi) is 3.30. The number of aromatic nitrogens is 2. The van der Waals surface area contributed by atoms with E-state index in [0.717, 1.165) is 28.6 Å². The lowest BCUT2D eigenvalue weighted by atomic mass is 10.2. The zero-order valence-corrected chi connectivity index (χ0v) is 9.86. The summed E-state index contributed by atoms with van der Waals surface area (Å²) in [5.41, 5.74) is 7.33. The molecule has 0 atom stereocenters. The van der Waals surface area contributed by atoms with Gasteiger partial charge in [0, 0.05) is 30.1 Å². The van der Waals surface area contributed by atoms with E-state index in [1.165, 1.54) is 0 Å². The number of hydrogen-bond acceptors (Lipinski definition) is 4. The first-order chi connectivity index (χ1) is 8.26. The van der Waals surface area contributed by atoms with Crippen molar-refractivity contribution in [3.8, 4) is 22.9 Å². The molecule has 3 N–H and O–H groups in total. The third-order valence-electron chi connectivity index (χ3n) is 2.47. The molecule has 0 bridgehead atoms. The Bertz CT molecular complexity index is 486. The minimum Gasteiger partial charge on any atom is -0.497 e. The fraction of sp³-hybridized carbons (Fsp3) is 0.250. The van der Waals surface area contributed by atoms with Gasteiger partial charge in [0.15, 0.2) is 0 Å². The second kappa shape index (κ2) is 4.88. The van der Waals surface area contributed by atoms with Crippen molar-refractivity contribution in [2.75, 3.05) is 14.2 Å². The summed E-state index contributed by atoms with van der Waals surface area (Å²) in [7, 11) is 3.23. The Morgan fingerprint density at radius 3 is 2.29 bits per heavy atom. The maximum Gasteiger partial charge on any atom is 0.137 e. The molecule has 0 fully saturated rings. The lowest BCUT2D eigenvalue weighted by molar-refractivity contribution is 0.394. The molecule has 90 valence electrons. The molecule has 0 saturated heterocycles. The van der Waals surface area contributed by atoms with Gasteiger partial charge < -0.3 is 20.2 Å². The van der Waals surface area contributed by atoms with E-state index in [1.807, 2.05) is 18.2 Å². The van der Waals surface area contributed by atoms with Gasteiger partial charge in [-0.05, 0) is 12.1 Å². The highest BCUT2D eigenvalue weighted by atomic mass is 16.5. The molecule has 0 saturated carbocycles. The predicted octanol–water partition coefficient (Wildman–Crippen LogP) is 1.55. The zero-order valence-electron chi connectivity index (χ0n) is 9.86. The SMILES string of the molecule is COc1cc(OC)cc(-c2ncc(CN)[nH]2)c1. The molecule has 2 aromatic rings. The van der Waals surface area contributed by atoms with E-state index in [1.54, 1.807) is 20.4 Å². The third kappa shape index (κ3) is 2.39. The summed E-state index contributed by atoms with van der Waals surface area (Å²) in [5.74, 6) is 2.21. The van der Waals surface area contributed by atoms with Gasteiger partial charge in [-0.2, -0.15) is 0 Å². The molecule has 1 aromatic heterocycles. The van der Waals surface area contributed by atoms with Crippen LogP contribution in [0.25, 0.3) is 11.4 Å². The van der Waals surface area contributed by atoms with Crippen LogP contribution in [0.1, 0.15) is 5.69 Å². The Labute approximate surface area is 99.6 Å². The van der Waals surface area contributed by atoms with Crippen molar-refractivity contribution in [2.24, 2.45) is 5.73 Å². The molecule has 0 unspecified atom stereocenters. The van der Waals surface area contributed by atoms with E-state index < -0.39 is 0 Å². The Hall–Kier alpha value is -2.01. The van der Waals surface area contributed by atoms with Crippen LogP contribution in [0.3, 0.4) is 0 Å². The monoisotopic (exact) mass is 233 g/mol. The molecule has 1 heterocycles. The maximum atomic E-state index is 5.53. The van der Waals surface area contributed by atoms with Crippen LogP contribution >= 0.6 is 0 Å². The van der Waals surface area contributed by atoms with Crippen molar-refractivity contribution in [3.63, 3.8) is 0 Å². The van der Waals surface area contributed by atoms with Crippen molar-refractivity contribution in [1.29, 1.82) is 0 Å². The van der Waals surface area contributed by atoms with Gasteiger partial charge >= 0.3 is 0 Å². The standard InChI is InChI=1S/C12H15N3O2/c1-16-10-3-8(4-11(5-10)17-2)12-14-7-9(6-13)15-12/h3-5,7H,6,13H2,1-2H3,(H,14,15). The summed E-state index contributed by atoms with van der Waals surface area (Å²) in [6.07, 6.45) is 1.72. The number of methoxy groups -OCH3 is 2. The van der Waals surface area contributed by atoms with Crippen molar-refractivity contribution >= 4 is 0 Å². The number of nitrogens with zero attached hydrogens (tertiary/aromatic N) is 1. The van der Waals surface area contributed by atoms with E-state index in [9.17, 15) is 0 Å². The molecule has 2 rings (SSSR count). The summed E-state index contributed by atoms with van der Waals surface area (Å²) in [6, 6.07) is 5.60. The van der Waals surface area contributed by atoms with Crippen molar-refractivity contribution in [3.05, 3.63) is 30.1 Å². The van der Waals surface area contributed by atoms with Gasteiger partial charge in [0.2, 0.25) is 0 Å². The maximum absolute atomic E-state index is 5.53. The van der Waals surface area contributed by atoms with E-state index in [2.05, 4.69) is 9.97 Å². The van der Waals surface area contributed by atoms with Gasteiger partial charge in [-0.3, -0.25) is 0 Å². The van der Waals surface area contributed by atoms with Gasteiger partial charge in [0.25, 0.3) is 0 Å². The van der Waals surface area contributed by atoms with Crippen molar-refractivity contribution in [2.45, 2.75) is 6.54 Å². The lowest BCUT2D eigenvalue weighted by Crippen LogP contribution is -1.95. The van der Waals surface area contributed by atoms with Gasteiger partial charge in [0.05, 0.1) is 14.2 Å². The largest absolute Gasteiger partial charge is 0.497 e. The molecule has 0 aliphatic rings. The fourth-order valence-corrected chi connectivity index (χ4v) is 1.55. The van der Waals surface area contributed by atoms with Crippen LogP contribution in [-0.4, -0.2) is 24.2 Å². The number of imidazole rings is 1. The molecule has 5 nitrogen and oxygen atoms in total. The molecule has 0 aliphatic heterocycles. The van der Waals surface area contributed by atoms with E-state index >= 15 is 0 Å². The topological polar surface area (TPSA) is 73.2 Å². The minimum atomic E-state index is 0.439. The molecule has 0 aliphatic carbocycles. The number of aromatic amines is 1. The first kappa shape index (κ1) is 11.5. The highest BCUT2D eigenvalue weighted by Gasteiger charge is 2.07. The van der Waals surface area contributed by atoms with E-state index in [-0.39, 0.29) is 0 Å².